The highest BCUT2D eigenvalue weighted by Gasteiger charge is 2.25. The van der Waals surface area contributed by atoms with E-state index in [-0.39, 0.29) is 5.91 Å². The second-order valence-electron chi connectivity index (χ2n) is 7.50. The third-order valence-corrected chi connectivity index (χ3v) is 5.35. The molecule has 4 rings (SSSR count). The van der Waals surface area contributed by atoms with Crippen molar-refractivity contribution < 1.29 is 4.79 Å². The number of hydrogen-bond donors (Lipinski definition) is 0. The Balaban J connectivity index is 1.66. The van der Waals surface area contributed by atoms with Crippen LogP contribution in [-0.2, 0) is 19.4 Å². The Hall–Kier alpha value is -2.88. The van der Waals surface area contributed by atoms with Gasteiger partial charge >= 0.3 is 0 Å². The van der Waals surface area contributed by atoms with Crippen LogP contribution in [0.3, 0.4) is 0 Å². The highest BCUT2D eigenvalue weighted by molar-refractivity contribution is 6.07. The van der Waals surface area contributed by atoms with E-state index in [1.54, 1.807) is 0 Å². The number of hydrogen-bond acceptors (Lipinski definition) is 3. The number of fused-ring (bicyclic) bond motifs is 2. The predicted octanol–water partition coefficient (Wildman–Crippen LogP) is 4.06. The van der Waals surface area contributed by atoms with E-state index in [1.165, 1.54) is 0 Å². The number of carbonyl (C=O) groups excluding carboxylic acids is 1. The molecule has 0 N–H and O–H groups in total. The molecule has 1 aliphatic rings. The maximum atomic E-state index is 13.4. The Morgan fingerprint density at radius 2 is 1.74 bits per heavy atom. The number of anilines is 1. The van der Waals surface area contributed by atoms with Gasteiger partial charge in [0.1, 0.15) is 0 Å². The number of aryl methyl sites for hydroxylation is 1. The summed E-state index contributed by atoms with van der Waals surface area (Å²) in [7, 11) is 5.94. The first-order valence-corrected chi connectivity index (χ1v) is 9.47. The molecule has 27 heavy (non-hydrogen) atoms. The molecule has 0 saturated heterocycles. The van der Waals surface area contributed by atoms with Gasteiger partial charge in [0.2, 0.25) is 0 Å². The number of amides is 1. The summed E-state index contributed by atoms with van der Waals surface area (Å²) in [4.78, 5) is 22.1. The summed E-state index contributed by atoms with van der Waals surface area (Å²) >= 11 is 0. The van der Waals surface area contributed by atoms with E-state index >= 15 is 0 Å². The number of pyridine rings is 1. The van der Waals surface area contributed by atoms with E-state index in [0.29, 0.717) is 6.54 Å². The minimum Gasteiger partial charge on any atom is -0.378 e. The SMILES string of the molecule is CN(Cc1ccc(N(C)C)cc1)C(=O)c1c2c(nc3ccccc13)CCC2. The number of nitrogens with zero attached hydrogens (tertiary/aromatic N) is 3. The lowest BCUT2D eigenvalue weighted by Gasteiger charge is -2.21. The lowest BCUT2D eigenvalue weighted by atomic mass is 10.00. The van der Waals surface area contributed by atoms with Crippen molar-refractivity contribution in [1.29, 1.82) is 0 Å². The van der Waals surface area contributed by atoms with Crippen molar-refractivity contribution in [3.05, 3.63) is 70.9 Å². The molecule has 0 atom stereocenters. The van der Waals surface area contributed by atoms with E-state index < -0.39 is 0 Å². The lowest BCUT2D eigenvalue weighted by Crippen LogP contribution is -2.27. The first-order chi connectivity index (χ1) is 13.0. The zero-order valence-corrected chi connectivity index (χ0v) is 16.2. The van der Waals surface area contributed by atoms with Crippen LogP contribution in [0.2, 0.25) is 0 Å². The van der Waals surface area contributed by atoms with Crippen molar-refractivity contribution >= 4 is 22.5 Å². The minimum absolute atomic E-state index is 0.0865. The average molecular weight is 359 g/mol. The number of para-hydroxylation sites is 1. The standard InChI is InChI=1S/C23H25N3O/c1-25(2)17-13-11-16(12-14-17)15-26(3)23(27)22-18-7-4-5-9-20(18)24-21-10-6-8-19(21)22/h4-5,7,9,11-14H,6,8,10,15H2,1-3H3. The predicted molar refractivity (Wildman–Crippen MR) is 110 cm³/mol. The lowest BCUT2D eigenvalue weighted by molar-refractivity contribution is 0.0786. The minimum atomic E-state index is 0.0865. The third-order valence-electron chi connectivity index (χ3n) is 5.35. The molecule has 0 unspecified atom stereocenters. The largest absolute Gasteiger partial charge is 0.378 e. The molecule has 138 valence electrons. The second-order valence-corrected chi connectivity index (χ2v) is 7.50. The summed E-state index contributed by atoms with van der Waals surface area (Å²) < 4.78 is 0. The number of carbonyl (C=O) groups is 1. The summed E-state index contributed by atoms with van der Waals surface area (Å²) in [5.41, 5.74) is 6.30. The topological polar surface area (TPSA) is 36.4 Å². The number of rotatable bonds is 4. The molecule has 1 amide bonds. The van der Waals surface area contributed by atoms with E-state index in [0.717, 1.165) is 58.2 Å². The molecule has 4 heteroatoms. The Morgan fingerprint density at radius 3 is 2.48 bits per heavy atom. The second kappa shape index (κ2) is 7.03. The molecule has 0 bridgehead atoms. The fraction of sp³-hybridized carbons (Fsp3) is 0.304. The first kappa shape index (κ1) is 17.5. The van der Waals surface area contributed by atoms with Crippen molar-refractivity contribution in [2.45, 2.75) is 25.8 Å². The zero-order chi connectivity index (χ0) is 19.0. The van der Waals surface area contributed by atoms with Crippen molar-refractivity contribution in [1.82, 2.24) is 9.88 Å². The van der Waals surface area contributed by atoms with Gasteiger partial charge < -0.3 is 9.80 Å². The average Bonchev–Trinajstić information content (AvgIpc) is 3.13. The van der Waals surface area contributed by atoms with Gasteiger partial charge in [-0.25, -0.2) is 0 Å². The van der Waals surface area contributed by atoms with Gasteiger partial charge in [-0.15, -0.1) is 0 Å². The normalized spacial score (nSPS) is 12.9. The quantitative estimate of drug-likeness (QED) is 0.705. The molecule has 4 nitrogen and oxygen atoms in total. The molecular weight excluding hydrogens is 334 g/mol. The Kier molecular flexibility index (Phi) is 4.56. The highest BCUT2D eigenvalue weighted by Crippen LogP contribution is 2.31. The van der Waals surface area contributed by atoms with Crippen LogP contribution in [0, 0.1) is 0 Å². The zero-order valence-electron chi connectivity index (χ0n) is 16.2. The van der Waals surface area contributed by atoms with Crippen LogP contribution in [0.15, 0.2) is 48.5 Å². The molecule has 0 radical (unpaired) electrons. The smallest absolute Gasteiger partial charge is 0.254 e. The van der Waals surface area contributed by atoms with E-state index in [4.69, 9.17) is 4.98 Å². The van der Waals surface area contributed by atoms with Gasteiger partial charge in [-0.1, -0.05) is 30.3 Å². The molecule has 1 aliphatic carbocycles. The molecule has 0 saturated carbocycles. The fourth-order valence-electron chi connectivity index (χ4n) is 3.89. The van der Waals surface area contributed by atoms with Gasteiger partial charge in [-0.3, -0.25) is 9.78 Å². The van der Waals surface area contributed by atoms with Gasteiger partial charge in [-0.05, 0) is 48.6 Å². The Labute approximate surface area is 160 Å². The molecule has 2 aromatic carbocycles. The summed E-state index contributed by atoms with van der Waals surface area (Å²) in [6, 6.07) is 16.4. The van der Waals surface area contributed by atoms with Crippen molar-refractivity contribution in [2.75, 3.05) is 26.0 Å². The van der Waals surface area contributed by atoms with Crippen molar-refractivity contribution in [3.63, 3.8) is 0 Å². The Morgan fingerprint density at radius 1 is 1.00 bits per heavy atom. The van der Waals surface area contributed by atoms with Gasteiger partial charge in [0.05, 0.1) is 11.1 Å². The number of benzene rings is 2. The third kappa shape index (κ3) is 3.27. The van der Waals surface area contributed by atoms with Gasteiger partial charge in [0.25, 0.3) is 5.91 Å². The first-order valence-electron chi connectivity index (χ1n) is 9.47. The summed E-state index contributed by atoms with van der Waals surface area (Å²) in [5, 5.41) is 0.970. The van der Waals surface area contributed by atoms with Crippen LogP contribution < -0.4 is 4.90 Å². The molecule has 3 aromatic rings. The maximum absolute atomic E-state index is 13.4. The van der Waals surface area contributed by atoms with E-state index in [2.05, 4.69) is 29.2 Å². The maximum Gasteiger partial charge on any atom is 0.254 e. The van der Waals surface area contributed by atoms with Crippen molar-refractivity contribution in [3.8, 4) is 0 Å². The van der Waals surface area contributed by atoms with E-state index in [9.17, 15) is 4.79 Å². The van der Waals surface area contributed by atoms with Crippen LogP contribution in [0.4, 0.5) is 5.69 Å². The molecule has 0 spiro atoms. The fourth-order valence-corrected chi connectivity index (χ4v) is 3.89. The summed E-state index contributed by atoms with van der Waals surface area (Å²) in [5.74, 6) is 0.0865. The molecule has 1 aromatic heterocycles. The van der Waals surface area contributed by atoms with Crippen LogP contribution in [0.1, 0.15) is 33.6 Å². The van der Waals surface area contributed by atoms with Gasteiger partial charge in [-0.2, -0.15) is 0 Å². The van der Waals surface area contributed by atoms with Crippen LogP contribution in [0.5, 0.6) is 0 Å². The van der Waals surface area contributed by atoms with Crippen LogP contribution in [-0.4, -0.2) is 36.9 Å². The summed E-state index contributed by atoms with van der Waals surface area (Å²) in [6.45, 7) is 0.595. The van der Waals surface area contributed by atoms with Gasteiger partial charge in [0, 0.05) is 44.5 Å². The van der Waals surface area contributed by atoms with Crippen LogP contribution in [0.25, 0.3) is 10.9 Å². The molecular formula is C23H25N3O. The monoisotopic (exact) mass is 359 g/mol. The van der Waals surface area contributed by atoms with Gasteiger partial charge in [0.15, 0.2) is 0 Å². The molecule has 0 aliphatic heterocycles. The Bertz CT molecular complexity index is 992. The molecule has 1 heterocycles. The van der Waals surface area contributed by atoms with Crippen molar-refractivity contribution in [2.24, 2.45) is 0 Å². The number of aromatic nitrogens is 1. The van der Waals surface area contributed by atoms with Crippen LogP contribution >= 0.6 is 0 Å². The highest BCUT2D eigenvalue weighted by atomic mass is 16.2. The summed E-state index contributed by atoms with van der Waals surface area (Å²) in [6.07, 6.45) is 2.99. The van der Waals surface area contributed by atoms with E-state index in [1.807, 2.05) is 50.3 Å². The molecule has 0 fully saturated rings.